The Kier molecular flexibility index (Phi) is 5.76. The number of allylic oxidation sites excluding steroid dienone is 2. The maximum absolute atomic E-state index is 12.4. The predicted molar refractivity (Wildman–Crippen MR) is 97.6 cm³/mol. The van der Waals surface area contributed by atoms with Crippen molar-refractivity contribution in [1.82, 2.24) is 9.80 Å². The van der Waals surface area contributed by atoms with Crippen molar-refractivity contribution in [2.24, 2.45) is 0 Å². The Morgan fingerprint density at radius 2 is 1.60 bits per heavy atom. The lowest BCUT2D eigenvalue weighted by molar-refractivity contribution is -0.384. The van der Waals surface area contributed by atoms with Gasteiger partial charge >= 0.3 is 0 Å². The van der Waals surface area contributed by atoms with E-state index < -0.39 is 16.7 Å². The van der Waals surface area contributed by atoms with Gasteiger partial charge in [-0.15, -0.1) is 0 Å². The minimum atomic E-state index is -0.476. The predicted octanol–water partition coefficient (Wildman–Crippen LogP) is 2.53. The first-order valence-electron chi connectivity index (χ1n) is 7.71. The summed E-state index contributed by atoms with van der Waals surface area (Å²) in [6, 6.07) is 5.95. The number of non-ortho nitro benzene ring substituents is 1. The number of hydrogen-bond donors (Lipinski definition) is 0. The molecule has 1 fully saturated rings. The third-order valence-electron chi connectivity index (χ3n) is 3.70. The Balaban J connectivity index is 2.25. The van der Waals surface area contributed by atoms with Crippen molar-refractivity contribution in [3.05, 3.63) is 57.7 Å². The fourth-order valence-corrected chi connectivity index (χ4v) is 2.79. The van der Waals surface area contributed by atoms with Crippen LogP contribution in [0.4, 0.5) is 5.69 Å². The lowest BCUT2D eigenvalue weighted by Gasteiger charge is -2.35. The molecule has 7 nitrogen and oxygen atoms in total. The largest absolute Gasteiger partial charge is 0.285 e. The molecule has 2 rings (SSSR count). The fourth-order valence-electron chi connectivity index (χ4n) is 2.36. The van der Waals surface area contributed by atoms with Crippen LogP contribution in [0.5, 0.6) is 0 Å². The third-order valence-corrected chi connectivity index (χ3v) is 4.14. The van der Waals surface area contributed by atoms with Gasteiger partial charge in [0.05, 0.1) is 4.92 Å². The number of carbonyl (C=O) groups excluding carboxylic acids is 2. The van der Waals surface area contributed by atoms with Gasteiger partial charge in [0.25, 0.3) is 17.5 Å². The molecule has 0 bridgehead atoms. The average Bonchev–Trinajstić information content (AvgIpc) is 2.59. The summed E-state index contributed by atoms with van der Waals surface area (Å²) in [7, 11) is 0. The van der Waals surface area contributed by atoms with Gasteiger partial charge in [0, 0.05) is 25.2 Å². The highest BCUT2D eigenvalue weighted by Gasteiger charge is 2.37. The first-order valence-corrected chi connectivity index (χ1v) is 8.12. The minimum absolute atomic E-state index is 0.00108. The number of rotatable bonds is 5. The van der Waals surface area contributed by atoms with Crippen LogP contribution in [0.3, 0.4) is 0 Å². The van der Waals surface area contributed by atoms with Gasteiger partial charge < -0.3 is 0 Å². The van der Waals surface area contributed by atoms with Crippen molar-refractivity contribution in [2.75, 3.05) is 13.1 Å². The van der Waals surface area contributed by atoms with E-state index in [-0.39, 0.29) is 16.4 Å². The van der Waals surface area contributed by atoms with Crippen LogP contribution in [0.15, 0.2) is 42.0 Å². The molecular weight excluding hydrogens is 342 g/mol. The Bertz CT molecular complexity index is 756. The highest BCUT2D eigenvalue weighted by atomic mass is 32.1. The van der Waals surface area contributed by atoms with Crippen molar-refractivity contribution in [2.45, 2.75) is 13.8 Å². The van der Waals surface area contributed by atoms with Crippen LogP contribution in [0.25, 0.3) is 6.08 Å². The molecule has 1 aliphatic heterocycles. The topological polar surface area (TPSA) is 83.8 Å². The van der Waals surface area contributed by atoms with Gasteiger partial charge in [0.15, 0.2) is 5.11 Å². The number of likely N-dealkylation sites (N-methyl/N-ethyl adjacent to an activating group) is 2. The Morgan fingerprint density at radius 3 is 2.04 bits per heavy atom. The summed E-state index contributed by atoms with van der Waals surface area (Å²) in [5.74, 6) is -0.842. The van der Waals surface area contributed by atoms with E-state index in [4.69, 9.17) is 12.2 Å². The normalized spacial score (nSPS) is 15.3. The first-order chi connectivity index (χ1) is 11.9. The van der Waals surface area contributed by atoms with Gasteiger partial charge in [-0.25, -0.2) is 0 Å². The molecule has 0 N–H and O–H groups in total. The molecule has 0 unspecified atom stereocenters. The van der Waals surface area contributed by atoms with Crippen molar-refractivity contribution in [1.29, 1.82) is 0 Å². The highest BCUT2D eigenvalue weighted by Crippen LogP contribution is 2.18. The smallest absolute Gasteiger partial charge is 0.269 e. The molecule has 1 aromatic carbocycles. The monoisotopic (exact) mass is 359 g/mol. The zero-order chi connectivity index (χ0) is 18.6. The Labute approximate surface area is 150 Å². The van der Waals surface area contributed by atoms with E-state index in [1.54, 1.807) is 38.1 Å². The molecule has 8 heteroatoms. The molecule has 0 saturated carbocycles. The number of amides is 2. The second-order valence-electron chi connectivity index (χ2n) is 5.17. The molecule has 0 atom stereocenters. The fraction of sp³-hybridized carbons (Fsp3) is 0.235. The van der Waals surface area contributed by atoms with Crippen LogP contribution < -0.4 is 0 Å². The van der Waals surface area contributed by atoms with Crippen LogP contribution in [0.2, 0.25) is 0 Å². The molecule has 2 amide bonds. The van der Waals surface area contributed by atoms with Crippen molar-refractivity contribution >= 4 is 40.9 Å². The summed E-state index contributed by atoms with van der Waals surface area (Å²) < 4.78 is 0. The quantitative estimate of drug-likeness (QED) is 0.265. The zero-order valence-corrected chi connectivity index (χ0v) is 14.7. The van der Waals surface area contributed by atoms with Crippen LogP contribution in [-0.2, 0) is 9.59 Å². The van der Waals surface area contributed by atoms with Crippen LogP contribution in [-0.4, -0.2) is 44.7 Å². The first kappa shape index (κ1) is 18.5. The van der Waals surface area contributed by atoms with E-state index in [1.807, 2.05) is 0 Å². The molecule has 1 aromatic rings. The number of hydrogen-bond acceptors (Lipinski definition) is 5. The number of carbonyl (C=O) groups is 2. The van der Waals surface area contributed by atoms with Crippen LogP contribution >= 0.6 is 12.2 Å². The van der Waals surface area contributed by atoms with Gasteiger partial charge in [-0.1, -0.05) is 12.2 Å². The number of nitro groups is 1. The Hall–Kier alpha value is -2.87. The van der Waals surface area contributed by atoms with E-state index in [0.29, 0.717) is 18.7 Å². The molecule has 0 spiro atoms. The Morgan fingerprint density at radius 1 is 1.08 bits per heavy atom. The average molecular weight is 359 g/mol. The van der Waals surface area contributed by atoms with E-state index in [9.17, 15) is 19.7 Å². The minimum Gasteiger partial charge on any atom is -0.285 e. The molecule has 25 heavy (non-hydrogen) atoms. The van der Waals surface area contributed by atoms with E-state index in [2.05, 4.69) is 0 Å². The maximum atomic E-state index is 12.4. The standard InChI is InChI=1S/C17H17N3O4S/c1-3-18-15(21)14(16(22)19(4-2)17(18)25)7-5-6-12-8-10-13(11-9-12)20(23)24/h5-11H,3-4H2,1-2H3/b6-5-. The van der Waals surface area contributed by atoms with Gasteiger partial charge in [-0.3, -0.25) is 29.5 Å². The van der Waals surface area contributed by atoms with Gasteiger partial charge in [0.1, 0.15) is 5.57 Å². The number of nitro benzene ring substituents is 1. The zero-order valence-electron chi connectivity index (χ0n) is 13.8. The third kappa shape index (κ3) is 3.80. The maximum Gasteiger partial charge on any atom is 0.269 e. The molecule has 1 heterocycles. The lowest BCUT2D eigenvalue weighted by Crippen LogP contribution is -2.55. The summed E-state index contributed by atoms with van der Waals surface area (Å²) in [6.45, 7) is 4.34. The molecule has 1 saturated heterocycles. The molecular formula is C17H17N3O4S. The number of nitrogens with zero attached hydrogens (tertiary/aromatic N) is 3. The molecule has 0 aliphatic carbocycles. The van der Waals surface area contributed by atoms with Crippen molar-refractivity contribution < 1.29 is 14.5 Å². The summed E-state index contributed by atoms with van der Waals surface area (Å²) in [4.78, 5) is 37.7. The molecule has 130 valence electrons. The second kappa shape index (κ2) is 7.80. The molecule has 0 aromatic heterocycles. The summed E-state index contributed by atoms with van der Waals surface area (Å²) in [5, 5.41) is 10.9. The summed E-state index contributed by atoms with van der Waals surface area (Å²) in [6.07, 6.45) is 4.68. The summed E-state index contributed by atoms with van der Waals surface area (Å²) in [5.41, 5.74) is 0.752. The molecule has 1 aliphatic rings. The van der Waals surface area contributed by atoms with Gasteiger partial charge in [-0.2, -0.15) is 0 Å². The number of benzene rings is 1. The molecule has 0 radical (unpaired) electrons. The van der Waals surface area contributed by atoms with Crippen molar-refractivity contribution in [3.8, 4) is 0 Å². The second-order valence-corrected chi connectivity index (χ2v) is 5.53. The van der Waals surface area contributed by atoms with E-state index in [1.165, 1.54) is 28.0 Å². The summed E-state index contributed by atoms with van der Waals surface area (Å²) >= 11 is 5.19. The van der Waals surface area contributed by atoms with Crippen LogP contribution in [0.1, 0.15) is 19.4 Å². The van der Waals surface area contributed by atoms with Gasteiger partial charge in [0.2, 0.25) is 0 Å². The lowest BCUT2D eigenvalue weighted by atomic mass is 10.1. The van der Waals surface area contributed by atoms with Crippen molar-refractivity contribution in [3.63, 3.8) is 0 Å². The van der Waals surface area contributed by atoms with Gasteiger partial charge in [-0.05, 0) is 49.8 Å². The van der Waals surface area contributed by atoms with E-state index >= 15 is 0 Å². The number of thiocarbonyl (C=S) groups is 1. The highest BCUT2D eigenvalue weighted by molar-refractivity contribution is 7.80. The van der Waals surface area contributed by atoms with Crippen LogP contribution in [0, 0.1) is 10.1 Å². The SMILES string of the molecule is CCN1C(=O)C(=C/C=C\c2ccc([N+](=O)[O-])cc2)C(=O)N(CC)C1=S. The van der Waals surface area contributed by atoms with E-state index in [0.717, 1.165) is 0 Å².